The predicted molar refractivity (Wildman–Crippen MR) is 52.2 cm³/mol. The van der Waals surface area contributed by atoms with Crippen LogP contribution in [0.1, 0.15) is 0 Å². The lowest BCUT2D eigenvalue weighted by Crippen LogP contribution is -2.04. The molecule has 0 rings (SSSR count). The van der Waals surface area contributed by atoms with Gasteiger partial charge in [0.05, 0.1) is 7.11 Å². The van der Waals surface area contributed by atoms with Gasteiger partial charge in [0.25, 0.3) is 6.47 Å². The third kappa shape index (κ3) is 6.83. The summed E-state index contributed by atoms with van der Waals surface area (Å²) in [6.45, 7) is 7.32. The standard InChI is InChI=1S/C8H13NO.CH2O2/c1-4-7(6-9)8(5-2)10-3;2-1-3/h4-5H,1-2,6,9H2,3H3;1H,(H,2,3)/b8-7-;. The minimum Gasteiger partial charge on any atom is -0.496 e. The zero-order chi connectivity index (χ0) is 10.7. The lowest BCUT2D eigenvalue weighted by Gasteiger charge is -2.03. The fourth-order valence-corrected chi connectivity index (χ4v) is 0.630. The Balaban J connectivity index is 0. The average molecular weight is 185 g/mol. The summed E-state index contributed by atoms with van der Waals surface area (Å²) in [5.41, 5.74) is 6.25. The fraction of sp³-hybridized carbons (Fsp3) is 0.222. The molecule has 74 valence electrons. The first kappa shape index (κ1) is 14.0. The van der Waals surface area contributed by atoms with E-state index in [1.165, 1.54) is 0 Å². The Kier molecular flexibility index (Phi) is 11.3. The molecule has 0 aliphatic rings. The summed E-state index contributed by atoms with van der Waals surface area (Å²) in [4.78, 5) is 8.36. The van der Waals surface area contributed by atoms with Crippen LogP contribution in [0.5, 0.6) is 0 Å². The van der Waals surface area contributed by atoms with Crippen molar-refractivity contribution in [2.75, 3.05) is 13.7 Å². The number of hydrogen-bond donors (Lipinski definition) is 2. The van der Waals surface area contributed by atoms with Crippen LogP contribution in [0.25, 0.3) is 0 Å². The van der Waals surface area contributed by atoms with Crippen molar-refractivity contribution >= 4 is 6.47 Å². The van der Waals surface area contributed by atoms with Gasteiger partial charge in [-0.15, -0.1) is 0 Å². The van der Waals surface area contributed by atoms with E-state index >= 15 is 0 Å². The largest absolute Gasteiger partial charge is 0.496 e. The molecule has 0 aromatic rings. The van der Waals surface area contributed by atoms with E-state index in [-0.39, 0.29) is 6.47 Å². The smallest absolute Gasteiger partial charge is 0.290 e. The summed E-state index contributed by atoms with van der Waals surface area (Å²) in [7, 11) is 1.58. The van der Waals surface area contributed by atoms with E-state index in [1.54, 1.807) is 19.3 Å². The van der Waals surface area contributed by atoms with Crippen molar-refractivity contribution < 1.29 is 14.6 Å². The fourth-order valence-electron chi connectivity index (χ4n) is 0.630. The molecule has 0 radical (unpaired) electrons. The summed E-state index contributed by atoms with van der Waals surface area (Å²) in [5.74, 6) is 0.692. The van der Waals surface area contributed by atoms with Gasteiger partial charge in [0.2, 0.25) is 0 Å². The van der Waals surface area contributed by atoms with E-state index in [0.29, 0.717) is 12.3 Å². The highest BCUT2D eigenvalue weighted by atomic mass is 16.5. The molecule has 4 nitrogen and oxygen atoms in total. The van der Waals surface area contributed by atoms with E-state index in [2.05, 4.69) is 13.2 Å². The molecule has 13 heavy (non-hydrogen) atoms. The molecule has 0 amide bonds. The second-order valence-corrected chi connectivity index (χ2v) is 1.81. The Morgan fingerprint density at radius 1 is 1.54 bits per heavy atom. The van der Waals surface area contributed by atoms with E-state index in [4.69, 9.17) is 20.4 Å². The number of nitrogens with two attached hydrogens (primary N) is 1. The van der Waals surface area contributed by atoms with Gasteiger partial charge in [0.15, 0.2) is 0 Å². The summed E-state index contributed by atoms with van der Waals surface area (Å²) < 4.78 is 4.95. The van der Waals surface area contributed by atoms with Crippen molar-refractivity contribution in [3.05, 3.63) is 36.6 Å². The van der Waals surface area contributed by atoms with Gasteiger partial charge >= 0.3 is 0 Å². The molecule has 0 saturated carbocycles. The van der Waals surface area contributed by atoms with Gasteiger partial charge in [-0.2, -0.15) is 0 Å². The van der Waals surface area contributed by atoms with Crippen LogP contribution >= 0.6 is 0 Å². The summed E-state index contributed by atoms with van der Waals surface area (Å²) in [6, 6.07) is 0. The maximum Gasteiger partial charge on any atom is 0.290 e. The van der Waals surface area contributed by atoms with Gasteiger partial charge in [-0.05, 0) is 6.08 Å². The van der Waals surface area contributed by atoms with E-state index in [0.717, 1.165) is 5.57 Å². The topological polar surface area (TPSA) is 72.5 Å². The highest BCUT2D eigenvalue weighted by Crippen LogP contribution is 2.05. The Morgan fingerprint density at radius 3 is 2.08 bits per heavy atom. The molecule has 0 spiro atoms. The van der Waals surface area contributed by atoms with Crippen LogP contribution in [-0.4, -0.2) is 25.2 Å². The van der Waals surface area contributed by atoms with Gasteiger partial charge in [0, 0.05) is 12.1 Å². The van der Waals surface area contributed by atoms with Crippen molar-refractivity contribution in [2.24, 2.45) is 5.73 Å². The predicted octanol–water partition coefficient (Wildman–Crippen LogP) is 0.918. The van der Waals surface area contributed by atoms with E-state index in [1.807, 2.05) is 0 Å². The summed E-state index contributed by atoms with van der Waals surface area (Å²) >= 11 is 0. The highest BCUT2D eigenvalue weighted by molar-refractivity contribution is 5.32. The van der Waals surface area contributed by atoms with Crippen LogP contribution in [0.4, 0.5) is 0 Å². The first-order valence-electron chi connectivity index (χ1n) is 3.51. The van der Waals surface area contributed by atoms with Crippen LogP contribution in [0.15, 0.2) is 36.6 Å². The first-order chi connectivity index (χ1) is 6.21. The summed E-state index contributed by atoms with van der Waals surface area (Å²) in [6.07, 6.45) is 3.28. The monoisotopic (exact) mass is 185 g/mol. The van der Waals surface area contributed by atoms with Crippen LogP contribution < -0.4 is 5.73 Å². The Morgan fingerprint density at radius 2 is 2.00 bits per heavy atom. The van der Waals surface area contributed by atoms with Crippen LogP contribution in [0, 0.1) is 0 Å². The molecule has 0 unspecified atom stereocenters. The number of methoxy groups -OCH3 is 1. The van der Waals surface area contributed by atoms with Gasteiger partial charge in [-0.25, -0.2) is 0 Å². The quantitative estimate of drug-likeness (QED) is 0.388. The van der Waals surface area contributed by atoms with Crippen molar-refractivity contribution in [1.29, 1.82) is 0 Å². The molecule has 0 aliphatic heterocycles. The van der Waals surface area contributed by atoms with Gasteiger partial charge in [-0.3, -0.25) is 4.79 Å². The maximum absolute atomic E-state index is 8.36. The number of hydrogen-bond acceptors (Lipinski definition) is 3. The molecular formula is C9H15NO3. The highest BCUT2D eigenvalue weighted by Gasteiger charge is 1.95. The van der Waals surface area contributed by atoms with Crippen molar-refractivity contribution in [3.63, 3.8) is 0 Å². The Bertz CT molecular complexity index is 179. The minimum atomic E-state index is -0.250. The van der Waals surface area contributed by atoms with Crippen LogP contribution in [-0.2, 0) is 9.53 Å². The second kappa shape index (κ2) is 10.4. The Hall–Kier alpha value is -1.55. The lowest BCUT2D eigenvalue weighted by molar-refractivity contribution is -0.122. The zero-order valence-corrected chi connectivity index (χ0v) is 7.69. The van der Waals surface area contributed by atoms with E-state index in [9.17, 15) is 0 Å². The maximum atomic E-state index is 8.36. The molecular weight excluding hydrogens is 170 g/mol. The number of rotatable bonds is 4. The molecule has 0 aromatic heterocycles. The third-order valence-electron chi connectivity index (χ3n) is 1.19. The molecule has 0 bridgehead atoms. The molecule has 0 aromatic carbocycles. The van der Waals surface area contributed by atoms with Crippen molar-refractivity contribution in [2.45, 2.75) is 0 Å². The van der Waals surface area contributed by atoms with Gasteiger partial charge in [0.1, 0.15) is 5.76 Å². The number of allylic oxidation sites excluding steroid dienone is 1. The first-order valence-corrected chi connectivity index (χ1v) is 3.51. The summed E-state index contributed by atoms with van der Waals surface area (Å²) in [5, 5.41) is 6.89. The lowest BCUT2D eigenvalue weighted by atomic mass is 10.2. The average Bonchev–Trinajstić information content (AvgIpc) is 2.15. The van der Waals surface area contributed by atoms with Crippen molar-refractivity contribution in [1.82, 2.24) is 0 Å². The zero-order valence-electron chi connectivity index (χ0n) is 7.69. The Labute approximate surface area is 78.0 Å². The number of carbonyl (C=O) groups is 1. The second-order valence-electron chi connectivity index (χ2n) is 1.81. The SMILES string of the molecule is C=C/C(CN)=C(\C=C)OC.O=CO. The van der Waals surface area contributed by atoms with E-state index < -0.39 is 0 Å². The van der Waals surface area contributed by atoms with Crippen LogP contribution in [0.3, 0.4) is 0 Å². The third-order valence-corrected chi connectivity index (χ3v) is 1.19. The molecule has 0 saturated heterocycles. The number of carboxylic acid groups (broad SMARTS) is 1. The molecule has 3 N–H and O–H groups in total. The molecule has 0 atom stereocenters. The molecule has 0 fully saturated rings. The normalized spacial score (nSPS) is 10.0. The number of ether oxygens (including phenoxy) is 1. The molecule has 4 heteroatoms. The minimum absolute atomic E-state index is 0.250. The van der Waals surface area contributed by atoms with Crippen LogP contribution in [0.2, 0.25) is 0 Å². The molecule has 0 heterocycles. The van der Waals surface area contributed by atoms with Gasteiger partial charge < -0.3 is 15.6 Å². The molecule has 0 aliphatic carbocycles. The van der Waals surface area contributed by atoms with Gasteiger partial charge in [-0.1, -0.05) is 19.2 Å². The van der Waals surface area contributed by atoms with Crippen molar-refractivity contribution in [3.8, 4) is 0 Å².